The molecule has 0 unspecified atom stereocenters. The Kier molecular flexibility index (Phi) is 7.16. The number of hydrogen-bond acceptors (Lipinski definition) is 4. The van der Waals surface area contributed by atoms with E-state index in [2.05, 4.69) is 4.72 Å². The summed E-state index contributed by atoms with van der Waals surface area (Å²) in [4.78, 5) is 8.90. The molecule has 0 aliphatic rings. The molecule has 4 N–H and O–H groups in total. The Bertz CT molecular complexity index is 556. The molecule has 0 bridgehead atoms. The molecular formula is C11H15F3N2O4S. The average molecular weight is 328 g/mol. The summed E-state index contributed by atoms with van der Waals surface area (Å²) >= 11 is 0. The van der Waals surface area contributed by atoms with Crippen LogP contribution in [0.15, 0.2) is 24.3 Å². The van der Waals surface area contributed by atoms with Gasteiger partial charge in [-0.25, -0.2) is 13.2 Å². The van der Waals surface area contributed by atoms with Gasteiger partial charge in [0.25, 0.3) is 0 Å². The number of benzene rings is 1. The third-order valence-corrected chi connectivity index (χ3v) is 3.39. The van der Waals surface area contributed by atoms with Crippen molar-refractivity contribution in [2.75, 3.05) is 10.5 Å². The topological polar surface area (TPSA) is 109 Å². The van der Waals surface area contributed by atoms with E-state index in [1.165, 1.54) is 0 Å². The van der Waals surface area contributed by atoms with Crippen LogP contribution in [0.5, 0.6) is 0 Å². The minimum atomic E-state index is -5.08. The average Bonchev–Trinajstić information content (AvgIpc) is 2.39. The number of nitrogens with two attached hydrogens (primary N) is 1. The Morgan fingerprint density at radius 2 is 1.71 bits per heavy atom. The van der Waals surface area contributed by atoms with Gasteiger partial charge in [0.15, 0.2) is 0 Å². The highest BCUT2D eigenvalue weighted by atomic mass is 32.2. The Labute approximate surface area is 119 Å². The second kappa shape index (κ2) is 7.84. The molecule has 0 amide bonds. The molecule has 0 aliphatic carbocycles. The van der Waals surface area contributed by atoms with E-state index in [-0.39, 0.29) is 5.75 Å². The normalized spacial score (nSPS) is 11.3. The summed E-state index contributed by atoms with van der Waals surface area (Å²) in [6.45, 7) is 2.05. The van der Waals surface area contributed by atoms with Crippen molar-refractivity contribution in [2.24, 2.45) is 5.73 Å². The van der Waals surface area contributed by atoms with Crippen molar-refractivity contribution in [2.45, 2.75) is 19.6 Å². The molecule has 1 aromatic carbocycles. The quantitative estimate of drug-likeness (QED) is 0.777. The Hall–Kier alpha value is -1.81. The summed E-state index contributed by atoms with van der Waals surface area (Å²) < 4.78 is 56.6. The molecule has 0 aromatic heterocycles. The van der Waals surface area contributed by atoms with E-state index in [1.807, 2.05) is 0 Å². The number of alkyl halides is 3. The van der Waals surface area contributed by atoms with Crippen LogP contribution in [0.3, 0.4) is 0 Å². The number of carboxylic acids is 1. The first kappa shape index (κ1) is 19.2. The molecule has 0 spiro atoms. The summed E-state index contributed by atoms with van der Waals surface area (Å²) in [6, 6.07) is 7.01. The van der Waals surface area contributed by atoms with Gasteiger partial charge >= 0.3 is 12.1 Å². The van der Waals surface area contributed by atoms with Crippen molar-refractivity contribution >= 4 is 21.7 Å². The van der Waals surface area contributed by atoms with E-state index in [9.17, 15) is 21.6 Å². The Balaban J connectivity index is 0.000000486. The van der Waals surface area contributed by atoms with Crippen molar-refractivity contribution < 1.29 is 31.5 Å². The molecule has 6 nitrogen and oxygen atoms in total. The molecule has 10 heteroatoms. The molecule has 21 heavy (non-hydrogen) atoms. The highest BCUT2D eigenvalue weighted by Gasteiger charge is 2.38. The van der Waals surface area contributed by atoms with Crippen LogP contribution in [0, 0.1) is 0 Å². The number of sulfonamides is 1. The Morgan fingerprint density at radius 1 is 1.29 bits per heavy atom. The smallest absolute Gasteiger partial charge is 0.475 e. The van der Waals surface area contributed by atoms with E-state index >= 15 is 0 Å². The molecule has 0 aliphatic heterocycles. The SMILES string of the molecule is CCS(=O)(=O)Nc1ccc(CN)cc1.O=C(O)C(F)(F)F. The van der Waals surface area contributed by atoms with Gasteiger partial charge in [0, 0.05) is 12.2 Å². The molecule has 0 fully saturated rings. The highest BCUT2D eigenvalue weighted by Crippen LogP contribution is 2.13. The van der Waals surface area contributed by atoms with Crippen LogP contribution in [0.2, 0.25) is 0 Å². The largest absolute Gasteiger partial charge is 0.490 e. The standard InChI is InChI=1S/C9H14N2O2S.C2HF3O2/c1-2-14(12,13)11-9-5-3-8(7-10)4-6-9;3-2(4,5)1(6)7/h3-6,11H,2,7,10H2,1H3;(H,6,7). The highest BCUT2D eigenvalue weighted by molar-refractivity contribution is 7.92. The van der Waals surface area contributed by atoms with Gasteiger partial charge in [-0.15, -0.1) is 0 Å². The van der Waals surface area contributed by atoms with E-state index in [0.29, 0.717) is 12.2 Å². The Morgan fingerprint density at radius 3 is 2.00 bits per heavy atom. The summed E-state index contributed by atoms with van der Waals surface area (Å²) in [5.41, 5.74) is 6.96. The number of hydrogen-bond donors (Lipinski definition) is 3. The second-order valence-corrected chi connectivity index (χ2v) is 5.72. The molecule has 1 aromatic rings. The van der Waals surface area contributed by atoms with Crippen LogP contribution in [0.25, 0.3) is 0 Å². The zero-order valence-electron chi connectivity index (χ0n) is 11.0. The van der Waals surface area contributed by atoms with Crippen molar-refractivity contribution in [3.8, 4) is 0 Å². The predicted molar refractivity (Wildman–Crippen MR) is 71.1 cm³/mol. The fraction of sp³-hybridized carbons (Fsp3) is 0.364. The van der Waals surface area contributed by atoms with Gasteiger partial charge in [-0.3, -0.25) is 4.72 Å². The number of rotatable bonds is 4. The maximum atomic E-state index is 11.2. The molecule has 0 atom stereocenters. The lowest BCUT2D eigenvalue weighted by Crippen LogP contribution is -2.21. The van der Waals surface area contributed by atoms with Gasteiger partial charge in [0.2, 0.25) is 10.0 Å². The first-order valence-electron chi connectivity index (χ1n) is 5.61. The summed E-state index contributed by atoms with van der Waals surface area (Å²) in [7, 11) is -3.17. The lowest BCUT2D eigenvalue weighted by atomic mass is 10.2. The molecule has 0 saturated carbocycles. The van der Waals surface area contributed by atoms with Crippen LogP contribution in [-0.4, -0.2) is 31.4 Å². The minimum Gasteiger partial charge on any atom is -0.475 e. The van der Waals surface area contributed by atoms with Gasteiger partial charge in [-0.05, 0) is 24.6 Å². The van der Waals surface area contributed by atoms with Gasteiger partial charge in [-0.2, -0.15) is 13.2 Å². The maximum Gasteiger partial charge on any atom is 0.490 e. The zero-order chi connectivity index (χ0) is 16.7. The minimum absolute atomic E-state index is 0.0750. The number of nitrogens with one attached hydrogen (secondary N) is 1. The first-order chi connectivity index (χ1) is 9.51. The monoisotopic (exact) mass is 328 g/mol. The lowest BCUT2D eigenvalue weighted by molar-refractivity contribution is -0.192. The molecule has 0 saturated heterocycles. The molecular weight excluding hydrogens is 313 g/mol. The summed E-state index contributed by atoms with van der Waals surface area (Å²) in [6.07, 6.45) is -5.08. The van der Waals surface area contributed by atoms with Gasteiger partial charge in [0.05, 0.1) is 5.75 Å². The van der Waals surface area contributed by atoms with Crippen molar-refractivity contribution in [3.05, 3.63) is 29.8 Å². The fourth-order valence-electron chi connectivity index (χ4n) is 0.961. The first-order valence-corrected chi connectivity index (χ1v) is 7.26. The van der Waals surface area contributed by atoms with E-state index < -0.39 is 22.2 Å². The number of carbonyl (C=O) groups is 1. The van der Waals surface area contributed by atoms with Crippen molar-refractivity contribution in [1.29, 1.82) is 0 Å². The van der Waals surface area contributed by atoms with Crippen molar-refractivity contribution in [1.82, 2.24) is 0 Å². The van der Waals surface area contributed by atoms with Gasteiger partial charge in [-0.1, -0.05) is 12.1 Å². The number of anilines is 1. The summed E-state index contributed by atoms with van der Waals surface area (Å²) in [5.74, 6) is -2.68. The van der Waals surface area contributed by atoms with Crippen LogP contribution < -0.4 is 10.5 Å². The van der Waals surface area contributed by atoms with Crippen LogP contribution in [0.4, 0.5) is 18.9 Å². The predicted octanol–water partition coefficient (Wildman–Crippen LogP) is 1.54. The van der Waals surface area contributed by atoms with Gasteiger partial charge in [0.1, 0.15) is 0 Å². The van der Waals surface area contributed by atoms with Crippen LogP contribution >= 0.6 is 0 Å². The lowest BCUT2D eigenvalue weighted by Gasteiger charge is -2.05. The third kappa shape index (κ3) is 8.15. The van der Waals surface area contributed by atoms with E-state index in [1.54, 1.807) is 31.2 Å². The molecule has 0 radical (unpaired) electrons. The molecule has 0 heterocycles. The second-order valence-electron chi connectivity index (χ2n) is 3.71. The maximum absolute atomic E-state index is 11.2. The summed E-state index contributed by atoms with van der Waals surface area (Å²) in [5, 5.41) is 7.12. The van der Waals surface area contributed by atoms with Crippen molar-refractivity contribution in [3.63, 3.8) is 0 Å². The third-order valence-electron chi connectivity index (χ3n) is 2.09. The van der Waals surface area contributed by atoms with Gasteiger partial charge < -0.3 is 10.8 Å². The number of aliphatic carboxylic acids is 1. The molecule has 1 rings (SSSR count). The van der Waals surface area contributed by atoms with Crippen LogP contribution in [0.1, 0.15) is 12.5 Å². The number of carboxylic acid groups (broad SMARTS) is 1. The van der Waals surface area contributed by atoms with E-state index in [4.69, 9.17) is 15.6 Å². The number of halogens is 3. The van der Waals surface area contributed by atoms with E-state index in [0.717, 1.165) is 5.56 Å². The molecule has 120 valence electrons. The fourth-order valence-corrected chi connectivity index (χ4v) is 1.60. The zero-order valence-corrected chi connectivity index (χ0v) is 11.8. The van der Waals surface area contributed by atoms with Crippen LogP contribution in [-0.2, 0) is 21.4 Å².